The number of amides is 1. The van der Waals surface area contributed by atoms with Gasteiger partial charge < -0.3 is 10.0 Å². The number of aromatic nitrogens is 1. The van der Waals surface area contributed by atoms with E-state index in [1.54, 1.807) is 13.0 Å². The molecular formula is C10H10Cl2N2O2. The van der Waals surface area contributed by atoms with E-state index in [1.165, 1.54) is 4.90 Å². The minimum atomic E-state index is -0.640. The smallest absolute Gasteiger partial charge is 0.229 e. The molecule has 1 aliphatic heterocycles. The van der Waals surface area contributed by atoms with Crippen molar-refractivity contribution in [1.82, 2.24) is 4.98 Å². The third-order valence-electron chi connectivity index (χ3n) is 2.48. The van der Waals surface area contributed by atoms with Crippen molar-refractivity contribution in [2.75, 3.05) is 11.4 Å². The van der Waals surface area contributed by atoms with Gasteiger partial charge in [-0.2, -0.15) is 0 Å². The van der Waals surface area contributed by atoms with Gasteiger partial charge in [0.05, 0.1) is 24.8 Å². The summed E-state index contributed by atoms with van der Waals surface area (Å²) in [5, 5.41) is 9.89. The zero-order valence-corrected chi connectivity index (χ0v) is 10.1. The molecule has 1 unspecified atom stereocenters. The summed E-state index contributed by atoms with van der Waals surface area (Å²) in [7, 11) is 0. The lowest BCUT2D eigenvalue weighted by molar-refractivity contribution is -0.117. The van der Waals surface area contributed by atoms with E-state index in [-0.39, 0.29) is 24.0 Å². The first-order chi connectivity index (χ1) is 7.49. The molecule has 1 amide bonds. The summed E-state index contributed by atoms with van der Waals surface area (Å²) in [5.41, 5.74) is 1.31. The molecule has 0 radical (unpaired) electrons. The number of β-amino-alcohol motifs (C(OH)–C–C–N with tert-alkyl or cyclic N) is 1. The van der Waals surface area contributed by atoms with Crippen LogP contribution in [-0.2, 0) is 4.79 Å². The van der Waals surface area contributed by atoms with Crippen LogP contribution in [0.5, 0.6) is 0 Å². The number of aliphatic hydroxyl groups excluding tert-OH is 1. The minimum absolute atomic E-state index is 0.123. The van der Waals surface area contributed by atoms with Crippen LogP contribution < -0.4 is 4.90 Å². The van der Waals surface area contributed by atoms with Crippen molar-refractivity contribution in [2.24, 2.45) is 0 Å². The molecule has 0 aromatic carbocycles. The van der Waals surface area contributed by atoms with Gasteiger partial charge in [-0.1, -0.05) is 23.2 Å². The molecule has 2 heterocycles. The zero-order valence-electron chi connectivity index (χ0n) is 8.57. The Hall–Kier alpha value is -0.840. The first kappa shape index (κ1) is 11.6. The molecule has 1 N–H and O–H groups in total. The lowest BCUT2D eigenvalue weighted by Crippen LogP contribution is -2.26. The highest BCUT2D eigenvalue weighted by molar-refractivity contribution is 6.35. The molecule has 0 spiro atoms. The number of aliphatic hydroxyl groups is 1. The molecule has 16 heavy (non-hydrogen) atoms. The molecule has 1 saturated heterocycles. The van der Waals surface area contributed by atoms with Crippen LogP contribution in [0.25, 0.3) is 0 Å². The number of carbonyl (C=O) groups is 1. The number of hydrogen-bond donors (Lipinski definition) is 1. The molecule has 1 atom stereocenters. The zero-order chi connectivity index (χ0) is 11.9. The Kier molecular flexibility index (Phi) is 3.06. The number of anilines is 1. The average molecular weight is 261 g/mol. The van der Waals surface area contributed by atoms with Crippen molar-refractivity contribution < 1.29 is 9.90 Å². The molecule has 6 heteroatoms. The summed E-state index contributed by atoms with van der Waals surface area (Å²) < 4.78 is 0. The maximum Gasteiger partial charge on any atom is 0.229 e. The van der Waals surface area contributed by atoms with Crippen molar-refractivity contribution >= 4 is 34.8 Å². The fraction of sp³-hybridized carbons (Fsp3) is 0.400. The molecule has 1 aromatic heterocycles. The highest BCUT2D eigenvalue weighted by Crippen LogP contribution is 2.32. The van der Waals surface area contributed by atoms with Gasteiger partial charge in [-0.15, -0.1) is 0 Å². The first-order valence-corrected chi connectivity index (χ1v) is 5.55. The second-order valence-corrected chi connectivity index (χ2v) is 4.51. The van der Waals surface area contributed by atoms with Crippen LogP contribution in [0.15, 0.2) is 6.07 Å². The predicted octanol–water partition coefficient (Wildman–Crippen LogP) is 1.79. The molecule has 0 bridgehead atoms. The molecule has 1 fully saturated rings. The monoisotopic (exact) mass is 260 g/mol. The Labute approximate surface area is 103 Å². The van der Waals surface area contributed by atoms with Crippen LogP contribution in [0.4, 0.5) is 5.69 Å². The van der Waals surface area contributed by atoms with E-state index in [9.17, 15) is 9.90 Å². The standard InChI is InChI=1S/C10H10Cl2N2O2/c1-5-2-7(11)13-10(12)9(5)14-4-6(15)3-8(14)16/h2,6,15H,3-4H2,1H3. The van der Waals surface area contributed by atoms with Gasteiger partial charge >= 0.3 is 0 Å². The van der Waals surface area contributed by atoms with Crippen molar-refractivity contribution in [2.45, 2.75) is 19.4 Å². The van der Waals surface area contributed by atoms with Crippen molar-refractivity contribution in [3.63, 3.8) is 0 Å². The Morgan fingerprint density at radius 3 is 2.75 bits per heavy atom. The fourth-order valence-corrected chi connectivity index (χ4v) is 2.45. The van der Waals surface area contributed by atoms with Crippen LogP contribution in [0.3, 0.4) is 0 Å². The predicted molar refractivity (Wildman–Crippen MR) is 62.0 cm³/mol. The molecule has 1 aromatic rings. The minimum Gasteiger partial charge on any atom is -0.391 e. The molecule has 0 aliphatic carbocycles. The molecule has 1 aliphatic rings. The van der Waals surface area contributed by atoms with Gasteiger partial charge in [-0.25, -0.2) is 4.98 Å². The van der Waals surface area contributed by atoms with E-state index < -0.39 is 6.10 Å². The molecular weight excluding hydrogens is 251 g/mol. The number of hydrogen-bond acceptors (Lipinski definition) is 3. The van der Waals surface area contributed by atoms with E-state index in [2.05, 4.69) is 4.98 Å². The Bertz CT molecular complexity index is 427. The fourth-order valence-electron chi connectivity index (χ4n) is 1.82. The SMILES string of the molecule is Cc1cc(Cl)nc(Cl)c1N1CC(O)CC1=O. The summed E-state index contributed by atoms with van der Waals surface area (Å²) >= 11 is 11.7. The van der Waals surface area contributed by atoms with E-state index in [0.717, 1.165) is 5.56 Å². The Morgan fingerprint density at radius 2 is 2.25 bits per heavy atom. The molecule has 86 valence electrons. The number of pyridine rings is 1. The van der Waals surface area contributed by atoms with Crippen LogP contribution in [0.1, 0.15) is 12.0 Å². The lowest BCUT2D eigenvalue weighted by Gasteiger charge is -2.19. The van der Waals surface area contributed by atoms with Crippen LogP contribution in [0, 0.1) is 6.92 Å². The largest absolute Gasteiger partial charge is 0.391 e. The van der Waals surface area contributed by atoms with Gasteiger partial charge in [0, 0.05) is 0 Å². The van der Waals surface area contributed by atoms with Gasteiger partial charge in [-0.3, -0.25) is 4.79 Å². The maximum atomic E-state index is 11.6. The normalized spacial score (nSPS) is 20.6. The Morgan fingerprint density at radius 1 is 1.56 bits per heavy atom. The van der Waals surface area contributed by atoms with Crippen LogP contribution >= 0.6 is 23.2 Å². The highest BCUT2D eigenvalue weighted by atomic mass is 35.5. The quantitative estimate of drug-likeness (QED) is 0.784. The highest BCUT2D eigenvalue weighted by Gasteiger charge is 2.31. The van der Waals surface area contributed by atoms with Crippen LogP contribution in [0.2, 0.25) is 10.3 Å². The second kappa shape index (κ2) is 4.20. The van der Waals surface area contributed by atoms with E-state index >= 15 is 0 Å². The number of carbonyl (C=O) groups excluding carboxylic acids is 1. The van der Waals surface area contributed by atoms with Crippen molar-refractivity contribution in [1.29, 1.82) is 0 Å². The molecule has 0 saturated carbocycles. The molecule has 2 rings (SSSR count). The van der Waals surface area contributed by atoms with Gasteiger partial charge in [0.1, 0.15) is 5.15 Å². The number of nitrogens with zero attached hydrogens (tertiary/aromatic N) is 2. The van der Waals surface area contributed by atoms with E-state index in [4.69, 9.17) is 23.2 Å². The number of rotatable bonds is 1. The van der Waals surface area contributed by atoms with Gasteiger partial charge in [0.2, 0.25) is 5.91 Å². The number of aryl methyl sites for hydroxylation is 1. The van der Waals surface area contributed by atoms with E-state index in [1.807, 2.05) is 0 Å². The van der Waals surface area contributed by atoms with Gasteiger partial charge in [0.15, 0.2) is 5.15 Å². The van der Waals surface area contributed by atoms with Crippen molar-refractivity contribution in [3.05, 3.63) is 21.9 Å². The van der Waals surface area contributed by atoms with Crippen LogP contribution in [-0.4, -0.2) is 28.6 Å². The summed E-state index contributed by atoms with van der Waals surface area (Å²) in [5.74, 6) is -0.151. The van der Waals surface area contributed by atoms with Gasteiger partial charge in [-0.05, 0) is 18.6 Å². The van der Waals surface area contributed by atoms with Crippen molar-refractivity contribution in [3.8, 4) is 0 Å². The topological polar surface area (TPSA) is 53.4 Å². The summed E-state index contributed by atoms with van der Waals surface area (Å²) in [6, 6.07) is 1.64. The molecule has 4 nitrogen and oxygen atoms in total. The average Bonchev–Trinajstić information content (AvgIpc) is 2.43. The third-order valence-corrected chi connectivity index (χ3v) is 2.94. The lowest BCUT2D eigenvalue weighted by atomic mass is 10.2. The Balaban J connectivity index is 2.44. The summed E-state index contributed by atoms with van der Waals surface area (Å²) in [4.78, 5) is 17.0. The van der Waals surface area contributed by atoms with E-state index in [0.29, 0.717) is 10.8 Å². The second-order valence-electron chi connectivity index (χ2n) is 3.76. The third kappa shape index (κ3) is 2.00. The van der Waals surface area contributed by atoms with Gasteiger partial charge in [0.25, 0.3) is 0 Å². The number of halogens is 2. The first-order valence-electron chi connectivity index (χ1n) is 4.80. The summed E-state index contributed by atoms with van der Waals surface area (Å²) in [6.07, 6.45) is -0.517. The summed E-state index contributed by atoms with van der Waals surface area (Å²) in [6.45, 7) is 2.05. The maximum absolute atomic E-state index is 11.6.